The Hall–Kier alpha value is -1.71. The lowest BCUT2D eigenvalue weighted by atomic mass is 9.88. The fourth-order valence-corrected chi connectivity index (χ4v) is 2.15. The summed E-state index contributed by atoms with van der Waals surface area (Å²) in [5.41, 5.74) is 1.75. The van der Waals surface area contributed by atoms with E-state index in [1.807, 2.05) is 6.07 Å². The van der Waals surface area contributed by atoms with Crippen molar-refractivity contribution in [1.82, 2.24) is 0 Å². The van der Waals surface area contributed by atoms with Crippen LogP contribution in [0.4, 0.5) is 5.69 Å². The SMILES string of the molecule is COC(=O)CC1CCNc2cccc(O)c21. The van der Waals surface area contributed by atoms with Gasteiger partial charge in [-0.25, -0.2) is 0 Å². The number of esters is 1. The molecule has 1 aromatic rings. The summed E-state index contributed by atoms with van der Waals surface area (Å²) in [5.74, 6) is 0.0598. The van der Waals surface area contributed by atoms with Crippen molar-refractivity contribution in [1.29, 1.82) is 0 Å². The maximum atomic E-state index is 11.3. The van der Waals surface area contributed by atoms with Crippen molar-refractivity contribution in [3.05, 3.63) is 23.8 Å². The number of phenols is 1. The first-order chi connectivity index (χ1) is 7.72. The Kier molecular flexibility index (Phi) is 2.99. The van der Waals surface area contributed by atoms with Crippen molar-refractivity contribution < 1.29 is 14.6 Å². The Bertz CT molecular complexity index is 403. The predicted octanol–water partition coefficient (Wildman–Crippen LogP) is 1.85. The van der Waals surface area contributed by atoms with Crippen molar-refractivity contribution >= 4 is 11.7 Å². The molecule has 2 N–H and O–H groups in total. The minimum atomic E-state index is -0.235. The van der Waals surface area contributed by atoms with Gasteiger partial charge in [-0.1, -0.05) is 6.07 Å². The third kappa shape index (κ3) is 1.96. The Morgan fingerprint density at radius 3 is 3.19 bits per heavy atom. The zero-order chi connectivity index (χ0) is 11.5. The van der Waals surface area contributed by atoms with E-state index in [-0.39, 0.29) is 17.6 Å². The van der Waals surface area contributed by atoms with Gasteiger partial charge < -0.3 is 15.2 Å². The van der Waals surface area contributed by atoms with Gasteiger partial charge in [-0.3, -0.25) is 4.79 Å². The number of aromatic hydroxyl groups is 1. The van der Waals surface area contributed by atoms with Crippen LogP contribution < -0.4 is 5.32 Å². The standard InChI is InChI=1S/C12H15NO3/c1-16-11(15)7-8-5-6-13-9-3-2-4-10(14)12(8)9/h2-4,8,13-14H,5-7H2,1H3. The van der Waals surface area contributed by atoms with E-state index >= 15 is 0 Å². The molecule has 16 heavy (non-hydrogen) atoms. The topological polar surface area (TPSA) is 58.6 Å². The van der Waals surface area contributed by atoms with Gasteiger partial charge in [-0.15, -0.1) is 0 Å². The fourth-order valence-electron chi connectivity index (χ4n) is 2.15. The second-order valence-corrected chi connectivity index (χ2v) is 3.93. The number of nitrogens with one attached hydrogen (secondary N) is 1. The number of fused-ring (bicyclic) bond motifs is 1. The lowest BCUT2D eigenvalue weighted by Crippen LogP contribution is -2.19. The Labute approximate surface area is 94.2 Å². The first-order valence-corrected chi connectivity index (χ1v) is 5.35. The molecule has 4 nitrogen and oxygen atoms in total. The number of ether oxygens (including phenoxy) is 1. The van der Waals surface area contributed by atoms with Crippen LogP contribution in [0.3, 0.4) is 0 Å². The summed E-state index contributed by atoms with van der Waals surface area (Å²) in [6.07, 6.45) is 1.16. The van der Waals surface area contributed by atoms with Crippen molar-refractivity contribution in [3.63, 3.8) is 0 Å². The summed E-state index contributed by atoms with van der Waals surface area (Å²) in [5, 5.41) is 13.0. The predicted molar refractivity (Wildman–Crippen MR) is 60.6 cm³/mol. The number of phenolic OH excluding ortho intramolecular Hbond substituents is 1. The summed E-state index contributed by atoms with van der Waals surface area (Å²) in [7, 11) is 1.38. The summed E-state index contributed by atoms with van der Waals surface area (Å²) in [4.78, 5) is 11.3. The lowest BCUT2D eigenvalue weighted by molar-refractivity contribution is -0.141. The van der Waals surface area contributed by atoms with Crippen LogP contribution in [0.5, 0.6) is 5.75 Å². The fraction of sp³-hybridized carbons (Fsp3) is 0.417. The van der Waals surface area contributed by atoms with Gasteiger partial charge in [0.2, 0.25) is 0 Å². The van der Waals surface area contributed by atoms with Gasteiger partial charge in [0.25, 0.3) is 0 Å². The number of hydrogen-bond acceptors (Lipinski definition) is 4. The molecule has 0 fully saturated rings. The first-order valence-electron chi connectivity index (χ1n) is 5.35. The monoisotopic (exact) mass is 221 g/mol. The minimum Gasteiger partial charge on any atom is -0.508 e. The van der Waals surface area contributed by atoms with Crippen molar-refractivity contribution in [2.24, 2.45) is 0 Å². The van der Waals surface area contributed by atoms with Crippen LogP contribution in [0.15, 0.2) is 18.2 Å². The van der Waals surface area contributed by atoms with E-state index in [0.29, 0.717) is 6.42 Å². The molecule has 1 unspecified atom stereocenters. The molecule has 1 aromatic carbocycles. The summed E-state index contributed by atoms with van der Waals surface area (Å²) in [6, 6.07) is 5.36. The van der Waals surface area contributed by atoms with E-state index in [9.17, 15) is 9.90 Å². The van der Waals surface area contributed by atoms with Crippen LogP contribution in [-0.2, 0) is 9.53 Å². The van der Waals surface area contributed by atoms with E-state index in [1.54, 1.807) is 12.1 Å². The average Bonchev–Trinajstić information content (AvgIpc) is 2.29. The smallest absolute Gasteiger partial charge is 0.306 e. The highest BCUT2D eigenvalue weighted by Gasteiger charge is 2.25. The van der Waals surface area contributed by atoms with Crippen molar-refractivity contribution in [2.45, 2.75) is 18.8 Å². The first kappa shape index (κ1) is 10.8. The molecule has 2 rings (SSSR count). The number of carbonyl (C=O) groups excluding carboxylic acids is 1. The summed E-state index contributed by atoms with van der Waals surface area (Å²) in [6.45, 7) is 0.818. The molecular weight excluding hydrogens is 206 g/mol. The van der Waals surface area contributed by atoms with Crippen molar-refractivity contribution in [3.8, 4) is 5.75 Å². The molecule has 0 aromatic heterocycles. The van der Waals surface area contributed by atoms with Gasteiger partial charge in [0, 0.05) is 23.7 Å². The third-order valence-electron chi connectivity index (χ3n) is 2.94. The minimum absolute atomic E-state index is 0.0462. The molecule has 1 aliphatic rings. The van der Waals surface area contributed by atoms with E-state index in [4.69, 9.17) is 0 Å². The number of rotatable bonds is 2. The van der Waals surface area contributed by atoms with Crippen LogP contribution in [0.25, 0.3) is 0 Å². The summed E-state index contributed by atoms with van der Waals surface area (Å²) < 4.78 is 4.67. The van der Waals surface area contributed by atoms with Gasteiger partial charge in [0.1, 0.15) is 5.75 Å². The number of methoxy groups -OCH3 is 1. The molecule has 1 aliphatic heterocycles. The van der Waals surface area contributed by atoms with Crippen LogP contribution >= 0.6 is 0 Å². The maximum absolute atomic E-state index is 11.3. The van der Waals surface area contributed by atoms with Gasteiger partial charge in [0.05, 0.1) is 13.5 Å². The average molecular weight is 221 g/mol. The van der Waals surface area contributed by atoms with Crippen LogP contribution in [0.2, 0.25) is 0 Å². The summed E-state index contributed by atoms with van der Waals surface area (Å²) >= 11 is 0. The number of hydrogen-bond donors (Lipinski definition) is 2. The van der Waals surface area contributed by atoms with Gasteiger partial charge in [-0.2, -0.15) is 0 Å². The highest BCUT2D eigenvalue weighted by molar-refractivity contribution is 5.72. The molecule has 0 spiro atoms. The molecule has 0 amide bonds. The highest BCUT2D eigenvalue weighted by atomic mass is 16.5. The van der Waals surface area contributed by atoms with Crippen molar-refractivity contribution in [2.75, 3.05) is 19.0 Å². The Morgan fingerprint density at radius 1 is 1.62 bits per heavy atom. The largest absolute Gasteiger partial charge is 0.508 e. The Morgan fingerprint density at radius 2 is 2.44 bits per heavy atom. The molecule has 86 valence electrons. The van der Waals surface area contributed by atoms with Crippen LogP contribution in [0.1, 0.15) is 24.3 Å². The van der Waals surface area contributed by atoms with Gasteiger partial charge in [0.15, 0.2) is 0 Å². The van der Waals surface area contributed by atoms with Crippen LogP contribution in [0, 0.1) is 0 Å². The van der Waals surface area contributed by atoms with Crippen LogP contribution in [-0.4, -0.2) is 24.7 Å². The number of benzene rings is 1. The molecule has 0 bridgehead atoms. The number of anilines is 1. The molecule has 0 aliphatic carbocycles. The van der Waals surface area contributed by atoms with Gasteiger partial charge >= 0.3 is 5.97 Å². The van der Waals surface area contributed by atoms with E-state index in [0.717, 1.165) is 24.2 Å². The van der Waals surface area contributed by atoms with E-state index in [1.165, 1.54) is 7.11 Å². The van der Waals surface area contributed by atoms with Gasteiger partial charge in [-0.05, 0) is 18.6 Å². The van der Waals surface area contributed by atoms with E-state index < -0.39 is 0 Å². The molecule has 1 heterocycles. The second kappa shape index (κ2) is 4.43. The Balaban J connectivity index is 2.28. The molecule has 1 atom stereocenters. The quantitative estimate of drug-likeness (QED) is 0.748. The normalized spacial score (nSPS) is 18.4. The van der Waals surface area contributed by atoms with E-state index in [2.05, 4.69) is 10.1 Å². The third-order valence-corrected chi connectivity index (χ3v) is 2.94. The highest BCUT2D eigenvalue weighted by Crippen LogP contribution is 2.39. The molecule has 0 radical (unpaired) electrons. The molecule has 4 heteroatoms. The molecular formula is C12H15NO3. The maximum Gasteiger partial charge on any atom is 0.306 e. The molecule has 0 saturated carbocycles. The number of carbonyl (C=O) groups is 1. The zero-order valence-electron chi connectivity index (χ0n) is 9.19. The molecule has 0 saturated heterocycles. The zero-order valence-corrected chi connectivity index (χ0v) is 9.19. The second-order valence-electron chi connectivity index (χ2n) is 3.93. The lowest BCUT2D eigenvalue weighted by Gasteiger charge is -2.26.